The van der Waals surface area contributed by atoms with Crippen molar-refractivity contribution in [1.29, 1.82) is 0 Å². The molecule has 0 fully saturated rings. The lowest BCUT2D eigenvalue weighted by molar-refractivity contribution is -0.123. The molecule has 0 aliphatic heterocycles. The van der Waals surface area contributed by atoms with Crippen molar-refractivity contribution in [2.75, 3.05) is 13.7 Å². The van der Waals surface area contributed by atoms with Crippen LogP contribution in [0.4, 0.5) is 0 Å². The Morgan fingerprint density at radius 2 is 1.87 bits per heavy atom. The number of hydrogen-bond acceptors (Lipinski definition) is 5. The Balaban J connectivity index is 1.85. The molecule has 2 aromatic carbocycles. The Labute approximate surface area is 189 Å². The number of benzene rings is 2. The maximum absolute atomic E-state index is 12.4. The van der Waals surface area contributed by atoms with Crippen LogP contribution in [0.1, 0.15) is 42.1 Å². The summed E-state index contributed by atoms with van der Waals surface area (Å²) in [7, 11) is 1.47. The van der Waals surface area contributed by atoms with E-state index >= 15 is 0 Å². The van der Waals surface area contributed by atoms with E-state index in [9.17, 15) is 9.59 Å². The highest BCUT2D eigenvalue weighted by Gasteiger charge is 2.15. The highest BCUT2D eigenvalue weighted by molar-refractivity contribution is 9.10. The summed E-state index contributed by atoms with van der Waals surface area (Å²) in [5, 5.41) is 2.42. The molecule has 0 radical (unpaired) electrons. The van der Waals surface area contributed by atoms with E-state index in [-0.39, 0.29) is 11.7 Å². The van der Waals surface area contributed by atoms with Crippen molar-refractivity contribution < 1.29 is 19.1 Å². The lowest BCUT2D eigenvalue weighted by atomic mass is 9.98. The predicted molar refractivity (Wildman–Crippen MR) is 123 cm³/mol. The van der Waals surface area contributed by atoms with Gasteiger partial charge in [-0.25, -0.2) is 0 Å². The van der Waals surface area contributed by atoms with E-state index in [1.54, 1.807) is 18.2 Å². The lowest BCUT2D eigenvalue weighted by Gasteiger charge is -2.16. The van der Waals surface area contributed by atoms with Crippen LogP contribution in [0.15, 0.2) is 46.9 Å². The number of para-hydroxylation sites is 1. The molecule has 1 atom stereocenters. The highest BCUT2D eigenvalue weighted by Crippen LogP contribution is 2.28. The van der Waals surface area contributed by atoms with Crippen LogP contribution in [0, 0.1) is 0 Å². The van der Waals surface area contributed by atoms with Gasteiger partial charge in [0.15, 0.2) is 11.7 Å². The first kappa shape index (κ1) is 23.6. The molecule has 0 aliphatic rings. The fourth-order valence-corrected chi connectivity index (χ4v) is 3.11. The molecular formula is C21H24BrN3O4S. The average molecular weight is 494 g/mol. The first-order valence-corrected chi connectivity index (χ1v) is 10.5. The Kier molecular flexibility index (Phi) is 9.07. The third kappa shape index (κ3) is 6.70. The molecule has 0 spiro atoms. The third-order valence-electron chi connectivity index (χ3n) is 4.37. The molecule has 0 saturated carbocycles. The minimum Gasteiger partial charge on any atom is -0.496 e. The van der Waals surface area contributed by atoms with Crippen LogP contribution in [0.5, 0.6) is 11.5 Å². The summed E-state index contributed by atoms with van der Waals surface area (Å²) in [6, 6.07) is 12.6. The highest BCUT2D eigenvalue weighted by atomic mass is 79.9. The van der Waals surface area contributed by atoms with Crippen LogP contribution >= 0.6 is 28.1 Å². The smallest absolute Gasteiger partial charge is 0.276 e. The molecule has 2 aromatic rings. The fourth-order valence-electron chi connectivity index (χ4n) is 2.60. The van der Waals surface area contributed by atoms with E-state index in [0.29, 0.717) is 23.0 Å². The van der Waals surface area contributed by atoms with Crippen LogP contribution in [-0.4, -0.2) is 30.6 Å². The van der Waals surface area contributed by atoms with Crippen molar-refractivity contribution in [1.82, 2.24) is 16.2 Å². The summed E-state index contributed by atoms with van der Waals surface area (Å²) in [6.45, 7) is 4.00. The SMILES string of the molecule is CCC(C)c1ccccc1OCC(=O)NNC(=S)NC(=O)c1cc(Br)ccc1OC. The van der Waals surface area contributed by atoms with Gasteiger partial charge in [0.25, 0.3) is 11.8 Å². The van der Waals surface area contributed by atoms with E-state index in [4.69, 9.17) is 21.7 Å². The van der Waals surface area contributed by atoms with Crippen LogP contribution in [0.3, 0.4) is 0 Å². The quantitative estimate of drug-likeness (QED) is 0.402. The second kappa shape index (κ2) is 11.5. The van der Waals surface area contributed by atoms with Gasteiger partial charge in [-0.3, -0.25) is 25.8 Å². The number of nitrogens with one attached hydrogen (secondary N) is 3. The van der Waals surface area contributed by atoms with Gasteiger partial charge in [0.05, 0.1) is 12.7 Å². The molecule has 0 saturated heterocycles. The van der Waals surface area contributed by atoms with E-state index < -0.39 is 11.8 Å². The van der Waals surface area contributed by atoms with E-state index in [2.05, 4.69) is 45.9 Å². The molecule has 0 aromatic heterocycles. The molecule has 2 amide bonds. The van der Waals surface area contributed by atoms with Crippen molar-refractivity contribution in [3.63, 3.8) is 0 Å². The molecule has 0 aliphatic carbocycles. The third-order valence-corrected chi connectivity index (χ3v) is 5.07. The Morgan fingerprint density at radius 3 is 2.57 bits per heavy atom. The summed E-state index contributed by atoms with van der Waals surface area (Å²) in [4.78, 5) is 24.5. The van der Waals surface area contributed by atoms with Crippen molar-refractivity contribution in [3.05, 3.63) is 58.1 Å². The number of thiocarbonyl (C=S) groups is 1. The standard InChI is InChI=1S/C21H24BrN3O4S/c1-4-13(2)15-7-5-6-8-18(15)29-12-19(26)24-25-21(30)23-20(27)16-11-14(22)9-10-17(16)28-3/h5-11,13H,4,12H2,1-3H3,(H,24,26)(H2,23,25,27,30). The second-order valence-electron chi connectivity index (χ2n) is 6.44. The van der Waals surface area contributed by atoms with Gasteiger partial charge in [0.1, 0.15) is 11.5 Å². The minimum atomic E-state index is -0.473. The van der Waals surface area contributed by atoms with E-state index in [0.717, 1.165) is 16.5 Å². The second-order valence-corrected chi connectivity index (χ2v) is 7.76. The predicted octanol–water partition coefficient (Wildman–Crippen LogP) is 3.69. The van der Waals surface area contributed by atoms with Gasteiger partial charge in [-0.1, -0.05) is 48.0 Å². The zero-order valence-electron chi connectivity index (χ0n) is 17.0. The van der Waals surface area contributed by atoms with Crippen molar-refractivity contribution in [2.24, 2.45) is 0 Å². The minimum absolute atomic E-state index is 0.0598. The summed E-state index contributed by atoms with van der Waals surface area (Å²) >= 11 is 8.37. The fraction of sp³-hybridized carbons (Fsp3) is 0.286. The van der Waals surface area contributed by atoms with Gasteiger partial charge in [0, 0.05) is 4.47 Å². The number of rotatable bonds is 7. The molecule has 1 unspecified atom stereocenters. The van der Waals surface area contributed by atoms with E-state index in [1.165, 1.54) is 7.11 Å². The monoisotopic (exact) mass is 493 g/mol. The first-order chi connectivity index (χ1) is 14.3. The van der Waals surface area contributed by atoms with Gasteiger partial charge in [-0.2, -0.15) is 0 Å². The average Bonchev–Trinajstić information content (AvgIpc) is 2.75. The molecule has 0 heterocycles. The van der Waals surface area contributed by atoms with E-state index in [1.807, 2.05) is 24.3 Å². The Morgan fingerprint density at radius 1 is 1.13 bits per heavy atom. The summed E-state index contributed by atoms with van der Waals surface area (Å²) in [5.74, 6) is 0.472. The molecular weight excluding hydrogens is 470 g/mol. The number of carbonyl (C=O) groups is 2. The number of hydrazine groups is 1. The number of hydrogen-bond donors (Lipinski definition) is 3. The first-order valence-electron chi connectivity index (χ1n) is 9.31. The van der Waals surface area contributed by atoms with Crippen LogP contribution in [0.25, 0.3) is 0 Å². The van der Waals surface area contributed by atoms with Crippen LogP contribution in [-0.2, 0) is 4.79 Å². The number of carbonyl (C=O) groups excluding carboxylic acids is 2. The Hall–Kier alpha value is -2.65. The summed E-state index contributed by atoms with van der Waals surface area (Å²) in [5.41, 5.74) is 6.24. The van der Waals surface area contributed by atoms with Gasteiger partial charge in [-0.05, 0) is 54.4 Å². The molecule has 160 valence electrons. The molecule has 30 heavy (non-hydrogen) atoms. The number of halogens is 1. The maximum Gasteiger partial charge on any atom is 0.276 e. The van der Waals surface area contributed by atoms with Crippen LogP contribution < -0.4 is 25.6 Å². The van der Waals surface area contributed by atoms with Crippen molar-refractivity contribution >= 4 is 45.1 Å². The molecule has 9 heteroatoms. The number of methoxy groups -OCH3 is 1. The van der Waals surface area contributed by atoms with Gasteiger partial charge in [0.2, 0.25) is 0 Å². The van der Waals surface area contributed by atoms with Gasteiger partial charge < -0.3 is 9.47 Å². The number of amides is 2. The normalized spacial score (nSPS) is 11.2. The van der Waals surface area contributed by atoms with Gasteiger partial charge in [-0.15, -0.1) is 0 Å². The number of ether oxygens (including phenoxy) is 2. The Bertz CT molecular complexity index is 923. The topological polar surface area (TPSA) is 88.7 Å². The largest absolute Gasteiger partial charge is 0.496 e. The van der Waals surface area contributed by atoms with Crippen molar-refractivity contribution in [3.8, 4) is 11.5 Å². The molecule has 7 nitrogen and oxygen atoms in total. The molecule has 0 bridgehead atoms. The van der Waals surface area contributed by atoms with Crippen LogP contribution in [0.2, 0.25) is 0 Å². The molecule has 3 N–H and O–H groups in total. The van der Waals surface area contributed by atoms with Gasteiger partial charge >= 0.3 is 0 Å². The zero-order chi connectivity index (χ0) is 22.1. The lowest BCUT2D eigenvalue weighted by Crippen LogP contribution is -2.49. The zero-order valence-corrected chi connectivity index (χ0v) is 19.4. The summed E-state index contributed by atoms with van der Waals surface area (Å²) < 4.78 is 11.5. The van der Waals surface area contributed by atoms with Crippen molar-refractivity contribution in [2.45, 2.75) is 26.2 Å². The summed E-state index contributed by atoms with van der Waals surface area (Å²) in [6.07, 6.45) is 0.963. The molecule has 2 rings (SSSR count). The maximum atomic E-state index is 12.4.